The van der Waals surface area contributed by atoms with E-state index in [4.69, 9.17) is 0 Å². The van der Waals surface area contributed by atoms with Gasteiger partial charge in [-0.15, -0.1) is 0 Å². The monoisotopic (exact) mass is 220 g/mol. The molecule has 1 aliphatic heterocycles. The predicted octanol–water partition coefficient (Wildman–Crippen LogP) is 2.68. The molecule has 0 aromatic heterocycles. The van der Waals surface area contributed by atoms with E-state index in [1.165, 1.54) is 0 Å². The van der Waals surface area contributed by atoms with E-state index in [9.17, 15) is 22.0 Å². The molecule has 2 unspecified atom stereocenters. The Hall–Kier alpha value is -0.430. The van der Waals surface area contributed by atoms with Crippen LogP contribution in [-0.4, -0.2) is 23.7 Å². The molecule has 0 bridgehead atoms. The average molecular weight is 220 g/mol. The molecule has 1 heterocycles. The molecule has 0 saturated carbocycles. The molecule has 0 aliphatic carbocycles. The first-order valence-corrected chi connectivity index (χ1v) is 3.76. The molecule has 0 aromatic carbocycles. The molecule has 1 rings (SSSR count). The highest BCUT2D eigenvalue weighted by Gasteiger charge is 2.71. The summed E-state index contributed by atoms with van der Waals surface area (Å²) in [6, 6.07) is 0. The van der Waals surface area contributed by atoms with Gasteiger partial charge in [-0.2, -0.15) is 13.2 Å². The first-order chi connectivity index (χ1) is 5.91. The Labute approximate surface area is 77.0 Å². The Morgan fingerprint density at radius 2 is 1.14 bits per heavy atom. The van der Waals surface area contributed by atoms with Crippen molar-refractivity contribution in [2.24, 2.45) is 0 Å². The van der Waals surface area contributed by atoms with E-state index in [-0.39, 0.29) is 0 Å². The van der Waals surface area contributed by atoms with Crippen molar-refractivity contribution >= 4 is 0 Å². The highest BCUT2D eigenvalue weighted by molar-refractivity contribution is 4.93. The van der Waals surface area contributed by atoms with Gasteiger partial charge < -0.3 is 9.47 Å². The van der Waals surface area contributed by atoms with E-state index < -0.39 is 23.7 Å². The molecule has 1 saturated heterocycles. The molecule has 7 heteroatoms. The molecular formula is C7H9F5O2. The first kappa shape index (κ1) is 11.6. The van der Waals surface area contributed by atoms with Crippen LogP contribution in [0.1, 0.15) is 20.8 Å². The zero-order valence-electron chi connectivity index (χ0n) is 7.71. The maximum Gasteiger partial charge on any atom is 0.443 e. The van der Waals surface area contributed by atoms with Crippen LogP contribution in [0, 0.1) is 0 Å². The minimum Gasteiger partial charge on any atom is -0.300 e. The normalized spacial score (nSPS) is 49.7. The van der Waals surface area contributed by atoms with Crippen LogP contribution in [0.5, 0.6) is 0 Å². The van der Waals surface area contributed by atoms with Crippen LogP contribution >= 0.6 is 0 Å². The van der Waals surface area contributed by atoms with Crippen molar-refractivity contribution in [3.63, 3.8) is 0 Å². The molecule has 14 heavy (non-hydrogen) atoms. The van der Waals surface area contributed by atoms with Crippen molar-refractivity contribution in [1.82, 2.24) is 0 Å². The third-order valence-corrected chi connectivity index (χ3v) is 2.09. The van der Waals surface area contributed by atoms with Gasteiger partial charge in [-0.3, -0.25) is 0 Å². The molecule has 84 valence electrons. The molecule has 0 spiro atoms. The molecular weight excluding hydrogens is 211 g/mol. The summed E-state index contributed by atoms with van der Waals surface area (Å²) in [6.45, 7) is 1.52. The summed E-state index contributed by atoms with van der Waals surface area (Å²) in [6.07, 6.45) is -5.00. The fourth-order valence-corrected chi connectivity index (χ4v) is 1.05. The third-order valence-electron chi connectivity index (χ3n) is 2.09. The average Bonchev–Trinajstić information content (AvgIpc) is 1.95. The van der Waals surface area contributed by atoms with Crippen molar-refractivity contribution in [2.45, 2.75) is 44.4 Å². The SMILES string of the molecule is CC1(F)OC(C)(C(F)(F)F)OC1(C)F. The van der Waals surface area contributed by atoms with E-state index in [0.29, 0.717) is 20.8 Å². The maximum absolute atomic E-state index is 13.2. The first-order valence-electron chi connectivity index (χ1n) is 3.76. The van der Waals surface area contributed by atoms with Gasteiger partial charge in [0.15, 0.2) is 0 Å². The van der Waals surface area contributed by atoms with Crippen molar-refractivity contribution in [1.29, 1.82) is 0 Å². The highest BCUT2D eigenvalue weighted by Crippen LogP contribution is 2.51. The molecule has 0 N–H and O–H groups in total. The lowest BCUT2D eigenvalue weighted by molar-refractivity contribution is -0.359. The lowest BCUT2D eigenvalue weighted by atomic mass is 10.2. The molecule has 0 amide bonds. The van der Waals surface area contributed by atoms with Gasteiger partial charge in [0, 0.05) is 13.8 Å². The second-order valence-electron chi connectivity index (χ2n) is 3.48. The Morgan fingerprint density at radius 3 is 1.29 bits per heavy atom. The number of hydrogen-bond donors (Lipinski definition) is 0. The summed E-state index contributed by atoms with van der Waals surface area (Å²) in [4.78, 5) is 0. The summed E-state index contributed by atoms with van der Waals surface area (Å²) < 4.78 is 71.0. The quantitative estimate of drug-likeness (QED) is 0.584. The largest absolute Gasteiger partial charge is 0.443 e. The van der Waals surface area contributed by atoms with Crippen LogP contribution in [0.3, 0.4) is 0 Å². The number of halogens is 5. The third kappa shape index (κ3) is 1.48. The minimum atomic E-state index is -5.00. The van der Waals surface area contributed by atoms with Crippen molar-refractivity contribution in [3.8, 4) is 0 Å². The highest BCUT2D eigenvalue weighted by atomic mass is 19.4. The lowest BCUT2D eigenvalue weighted by Crippen LogP contribution is -2.44. The second-order valence-corrected chi connectivity index (χ2v) is 3.48. The van der Waals surface area contributed by atoms with Crippen molar-refractivity contribution in [2.75, 3.05) is 0 Å². The van der Waals surface area contributed by atoms with Gasteiger partial charge in [-0.1, -0.05) is 0 Å². The lowest BCUT2D eigenvalue weighted by Gasteiger charge is -2.25. The van der Waals surface area contributed by atoms with E-state index in [1.54, 1.807) is 0 Å². The molecule has 0 radical (unpaired) electrons. The number of hydrogen-bond acceptors (Lipinski definition) is 2. The van der Waals surface area contributed by atoms with Gasteiger partial charge in [0.05, 0.1) is 0 Å². The van der Waals surface area contributed by atoms with Crippen LogP contribution in [0.4, 0.5) is 22.0 Å². The van der Waals surface area contributed by atoms with Crippen LogP contribution < -0.4 is 0 Å². The number of rotatable bonds is 0. The maximum atomic E-state index is 13.2. The van der Waals surface area contributed by atoms with Gasteiger partial charge >= 0.3 is 6.18 Å². The van der Waals surface area contributed by atoms with Crippen LogP contribution in [0.25, 0.3) is 0 Å². The van der Waals surface area contributed by atoms with E-state index in [0.717, 1.165) is 0 Å². The van der Waals surface area contributed by atoms with Gasteiger partial charge in [-0.25, -0.2) is 8.78 Å². The topological polar surface area (TPSA) is 18.5 Å². The summed E-state index contributed by atoms with van der Waals surface area (Å²) in [7, 11) is 0. The smallest absolute Gasteiger partial charge is 0.300 e. The fourth-order valence-electron chi connectivity index (χ4n) is 1.05. The Bertz CT molecular complexity index is 229. The van der Waals surface area contributed by atoms with Crippen LogP contribution in [-0.2, 0) is 9.47 Å². The Balaban J connectivity index is 3.03. The fraction of sp³-hybridized carbons (Fsp3) is 1.00. The van der Waals surface area contributed by atoms with E-state index in [1.807, 2.05) is 0 Å². The Kier molecular flexibility index (Phi) is 2.14. The van der Waals surface area contributed by atoms with Crippen molar-refractivity contribution < 1.29 is 31.4 Å². The number of ether oxygens (including phenoxy) is 2. The van der Waals surface area contributed by atoms with E-state index >= 15 is 0 Å². The van der Waals surface area contributed by atoms with Crippen LogP contribution in [0.2, 0.25) is 0 Å². The molecule has 2 atom stereocenters. The number of alkyl halides is 5. The molecule has 2 nitrogen and oxygen atoms in total. The van der Waals surface area contributed by atoms with Gasteiger partial charge in [0.25, 0.3) is 17.5 Å². The van der Waals surface area contributed by atoms with Gasteiger partial charge in [0.2, 0.25) is 0 Å². The van der Waals surface area contributed by atoms with E-state index in [2.05, 4.69) is 9.47 Å². The molecule has 1 aliphatic rings. The molecule has 1 fully saturated rings. The van der Waals surface area contributed by atoms with Crippen molar-refractivity contribution in [3.05, 3.63) is 0 Å². The minimum absolute atomic E-state index is 0.426. The summed E-state index contributed by atoms with van der Waals surface area (Å²) in [5, 5.41) is 0. The molecule has 0 aromatic rings. The Morgan fingerprint density at radius 1 is 0.857 bits per heavy atom. The summed E-state index contributed by atoms with van der Waals surface area (Å²) in [5.41, 5.74) is 0. The summed E-state index contributed by atoms with van der Waals surface area (Å²) in [5.74, 6) is -9.51. The zero-order chi connectivity index (χ0) is 11.4. The second kappa shape index (κ2) is 2.57. The van der Waals surface area contributed by atoms with Crippen LogP contribution in [0.15, 0.2) is 0 Å². The van der Waals surface area contributed by atoms with Gasteiger partial charge in [-0.05, 0) is 6.92 Å². The standard InChI is InChI=1S/C7H9F5O2/c1-4(8)5(2,9)14-6(3,13-4)7(10,11)12/h1-3H3. The summed E-state index contributed by atoms with van der Waals surface area (Å²) >= 11 is 0. The van der Waals surface area contributed by atoms with Gasteiger partial charge in [0.1, 0.15) is 0 Å². The zero-order valence-corrected chi connectivity index (χ0v) is 7.71. The predicted molar refractivity (Wildman–Crippen MR) is 35.7 cm³/mol.